The Hall–Kier alpha value is -2.15. The van der Waals surface area contributed by atoms with Gasteiger partial charge in [-0.05, 0) is 31.5 Å². The molecule has 0 spiro atoms. The summed E-state index contributed by atoms with van der Waals surface area (Å²) in [5.41, 5.74) is 2.55. The van der Waals surface area contributed by atoms with Crippen molar-refractivity contribution in [3.8, 4) is 5.69 Å². The molecule has 1 N–H and O–H groups in total. The monoisotopic (exact) mass is 335 g/mol. The molecule has 0 aliphatic rings. The number of nitrogens with one attached hydrogen (secondary N) is 1. The van der Waals surface area contributed by atoms with Crippen molar-refractivity contribution in [2.24, 2.45) is 0 Å². The molecule has 0 atom stereocenters. The predicted octanol–water partition coefficient (Wildman–Crippen LogP) is 1.62. The van der Waals surface area contributed by atoms with Crippen LogP contribution in [0.1, 0.15) is 24.1 Å². The zero-order valence-electron chi connectivity index (χ0n) is 13.3. The van der Waals surface area contributed by atoms with Crippen molar-refractivity contribution in [1.82, 2.24) is 15.1 Å². The largest absolute Gasteiger partial charge is 0.359 e. The Bertz CT molecular complexity index is 764. The van der Waals surface area contributed by atoms with E-state index < -0.39 is 9.84 Å². The number of amides is 1. The van der Waals surface area contributed by atoms with Gasteiger partial charge < -0.3 is 5.32 Å². The first-order chi connectivity index (χ1) is 10.9. The number of aromatic nitrogens is 2. The van der Waals surface area contributed by atoms with Gasteiger partial charge in [0.15, 0.2) is 9.84 Å². The van der Waals surface area contributed by atoms with Gasteiger partial charge in [0.05, 0.1) is 22.9 Å². The Labute approximate surface area is 136 Å². The molecule has 0 unspecified atom stereocenters. The van der Waals surface area contributed by atoms with Crippen LogP contribution in [-0.4, -0.2) is 36.9 Å². The fourth-order valence-electron chi connectivity index (χ4n) is 2.16. The molecule has 2 rings (SSSR count). The van der Waals surface area contributed by atoms with Crippen LogP contribution in [0.15, 0.2) is 36.5 Å². The zero-order valence-corrected chi connectivity index (χ0v) is 14.1. The summed E-state index contributed by atoms with van der Waals surface area (Å²) in [4.78, 5) is 11.1. The fraction of sp³-hybridized carbons (Fsp3) is 0.375. The molecular weight excluding hydrogens is 314 g/mol. The summed E-state index contributed by atoms with van der Waals surface area (Å²) in [7, 11) is -1.73. The van der Waals surface area contributed by atoms with Crippen molar-refractivity contribution in [2.45, 2.75) is 25.5 Å². The van der Waals surface area contributed by atoms with Crippen LogP contribution in [0.3, 0.4) is 0 Å². The predicted molar refractivity (Wildman–Crippen MR) is 89.1 cm³/mol. The summed E-state index contributed by atoms with van der Waals surface area (Å²) >= 11 is 0. The molecule has 0 fully saturated rings. The van der Waals surface area contributed by atoms with E-state index in [4.69, 9.17) is 0 Å². The molecule has 0 saturated heterocycles. The van der Waals surface area contributed by atoms with E-state index in [1.807, 2.05) is 31.2 Å². The first-order valence-electron chi connectivity index (χ1n) is 7.42. The van der Waals surface area contributed by atoms with E-state index in [2.05, 4.69) is 10.4 Å². The van der Waals surface area contributed by atoms with Crippen molar-refractivity contribution in [3.63, 3.8) is 0 Å². The number of rotatable bonds is 7. The molecule has 0 radical (unpaired) electrons. The van der Waals surface area contributed by atoms with Crippen molar-refractivity contribution in [3.05, 3.63) is 47.8 Å². The molecule has 0 aliphatic carbocycles. The number of nitrogens with zero attached hydrogens (tertiary/aromatic N) is 2. The third-order valence-electron chi connectivity index (χ3n) is 3.45. The second kappa shape index (κ2) is 7.41. The van der Waals surface area contributed by atoms with Crippen molar-refractivity contribution in [2.75, 3.05) is 12.8 Å². The van der Waals surface area contributed by atoms with Crippen LogP contribution in [-0.2, 0) is 20.4 Å². The van der Waals surface area contributed by atoms with E-state index in [9.17, 15) is 13.2 Å². The maximum atomic E-state index is 12.1. The summed E-state index contributed by atoms with van der Waals surface area (Å²) in [5, 5.41) is 6.79. The van der Waals surface area contributed by atoms with Gasteiger partial charge in [-0.3, -0.25) is 4.79 Å². The maximum Gasteiger partial charge on any atom is 0.219 e. The van der Waals surface area contributed by atoms with Gasteiger partial charge in [-0.25, -0.2) is 13.1 Å². The van der Waals surface area contributed by atoms with Crippen LogP contribution in [0, 0.1) is 6.92 Å². The molecule has 0 bridgehead atoms. The quantitative estimate of drug-likeness (QED) is 0.834. The molecule has 1 amide bonds. The van der Waals surface area contributed by atoms with E-state index in [1.165, 1.54) is 7.05 Å². The lowest BCUT2D eigenvalue weighted by molar-refractivity contribution is -0.120. The summed E-state index contributed by atoms with van der Waals surface area (Å²) in [5.74, 6) is -0.277. The van der Waals surface area contributed by atoms with Crippen LogP contribution in [0.4, 0.5) is 0 Å². The minimum absolute atomic E-state index is 0.0161. The number of benzene rings is 1. The second-order valence-corrected chi connectivity index (χ2v) is 7.64. The normalized spacial score (nSPS) is 11.4. The molecule has 0 saturated carbocycles. The summed E-state index contributed by atoms with van der Waals surface area (Å²) < 4.78 is 25.8. The lowest BCUT2D eigenvalue weighted by atomic mass is 10.2. The van der Waals surface area contributed by atoms with Gasteiger partial charge in [0.1, 0.15) is 0 Å². The van der Waals surface area contributed by atoms with E-state index in [1.54, 1.807) is 16.9 Å². The van der Waals surface area contributed by atoms with Gasteiger partial charge in [-0.1, -0.05) is 17.7 Å². The van der Waals surface area contributed by atoms with Crippen LogP contribution < -0.4 is 5.32 Å². The first-order valence-corrected chi connectivity index (χ1v) is 9.24. The van der Waals surface area contributed by atoms with Crippen molar-refractivity contribution >= 4 is 15.7 Å². The van der Waals surface area contributed by atoms with Gasteiger partial charge >= 0.3 is 0 Å². The van der Waals surface area contributed by atoms with Crippen LogP contribution in [0.5, 0.6) is 0 Å². The van der Waals surface area contributed by atoms with Crippen molar-refractivity contribution in [1.29, 1.82) is 0 Å². The van der Waals surface area contributed by atoms with E-state index in [0.717, 1.165) is 11.3 Å². The first kappa shape index (κ1) is 17.2. The maximum absolute atomic E-state index is 12.1. The van der Waals surface area contributed by atoms with E-state index in [0.29, 0.717) is 12.1 Å². The molecule has 124 valence electrons. The van der Waals surface area contributed by atoms with Crippen molar-refractivity contribution < 1.29 is 13.2 Å². The fourth-order valence-corrected chi connectivity index (χ4v) is 3.49. The number of aryl methyl sites for hydroxylation is 1. The van der Waals surface area contributed by atoms with Crippen LogP contribution in [0.2, 0.25) is 0 Å². The van der Waals surface area contributed by atoms with Gasteiger partial charge in [-0.15, -0.1) is 0 Å². The summed E-state index contributed by atoms with van der Waals surface area (Å²) in [6.07, 6.45) is 2.29. The third kappa shape index (κ3) is 5.21. The number of carbonyl (C=O) groups excluding carboxylic acids is 1. The summed E-state index contributed by atoms with van der Waals surface area (Å²) in [6.45, 7) is 2.00. The highest BCUT2D eigenvalue weighted by Gasteiger charge is 2.15. The lowest BCUT2D eigenvalue weighted by Crippen LogP contribution is -2.19. The molecule has 1 aromatic carbocycles. The molecule has 23 heavy (non-hydrogen) atoms. The molecule has 1 aromatic heterocycles. The second-order valence-electron chi connectivity index (χ2n) is 5.46. The standard InChI is InChI=1S/C16H21N3O3S/c1-13-5-7-15(8-6-13)19-10-9-14(18-19)12-23(21,22)11-3-4-16(20)17-2/h5-10H,3-4,11-12H2,1-2H3,(H,17,20). The Morgan fingerprint density at radius 1 is 1.22 bits per heavy atom. The average molecular weight is 335 g/mol. The number of sulfone groups is 1. The topological polar surface area (TPSA) is 81.1 Å². The number of hydrogen-bond donors (Lipinski definition) is 1. The third-order valence-corrected chi connectivity index (χ3v) is 5.09. The zero-order chi connectivity index (χ0) is 16.9. The Kier molecular flexibility index (Phi) is 5.54. The van der Waals surface area contributed by atoms with Gasteiger partial charge in [0, 0.05) is 19.7 Å². The Morgan fingerprint density at radius 3 is 2.57 bits per heavy atom. The van der Waals surface area contributed by atoms with Crippen LogP contribution >= 0.6 is 0 Å². The summed E-state index contributed by atoms with van der Waals surface area (Å²) in [6, 6.07) is 9.53. The number of carbonyl (C=O) groups is 1. The molecular formula is C16H21N3O3S. The molecule has 6 nitrogen and oxygen atoms in total. The van der Waals surface area contributed by atoms with E-state index >= 15 is 0 Å². The highest BCUT2D eigenvalue weighted by atomic mass is 32.2. The molecule has 1 heterocycles. The van der Waals surface area contributed by atoms with Gasteiger partial charge in [0.25, 0.3) is 0 Å². The highest BCUT2D eigenvalue weighted by molar-refractivity contribution is 7.90. The minimum atomic E-state index is -3.27. The van der Waals surface area contributed by atoms with Crippen LogP contribution in [0.25, 0.3) is 5.69 Å². The lowest BCUT2D eigenvalue weighted by Gasteiger charge is -2.03. The smallest absolute Gasteiger partial charge is 0.219 e. The molecule has 0 aliphatic heterocycles. The molecule has 2 aromatic rings. The molecule has 7 heteroatoms. The average Bonchev–Trinajstić information content (AvgIpc) is 2.95. The van der Waals surface area contributed by atoms with Gasteiger partial charge in [0.2, 0.25) is 5.91 Å². The van der Waals surface area contributed by atoms with Gasteiger partial charge in [-0.2, -0.15) is 5.10 Å². The Morgan fingerprint density at radius 2 is 1.91 bits per heavy atom. The minimum Gasteiger partial charge on any atom is -0.359 e. The SMILES string of the molecule is CNC(=O)CCCS(=O)(=O)Cc1ccn(-c2ccc(C)cc2)n1. The number of hydrogen-bond acceptors (Lipinski definition) is 4. The Balaban J connectivity index is 1.98. The highest BCUT2D eigenvalue weighted by Crippen LogP contribution is 2.11. The van der Waals surface area contributed by atoms with E-state index in [-0.39, 0.29) is 23.8 Å².